The van der Waals surface area contributed by atoms with E-state index in [4.69, 9.17) is 9.47 Å². The van der Waals surface area contributed by atoms with Crippen LogP contribution in [0.3, 0.4) is 0 Å². The largest absolute Gasteiger partial charge is 0.462 e. The molecule has 40 heavy (non-hydrogen) atoms. The minimum atomic E-state index is -0.942. The summed E-state index contributed by atoms with van der Waals surface area (Å²) in [5.74, 6) is -0.614. The molecule has 1 atom stereocenters. The molecule has 1 fully saturated rings. The molecule has 0 bridgehead atoms. The SMILES string of the molecule is CC(C)(C)OC(=O)N[C@H](/C=C1\CCOC1=O)CCC(=O)NC(c1ccccc1)(c1ccccc1)c1ccccc1. The van der Waals surface area contributed by atoms with Crippen LogP contribution < -0.4 is 10.6 Å². The lowest BCUT2D eigenvalue weighted by Crippen LogP contribution is -2.48. The summed E-state index contributed by atoms with van der Waals surface area (Å²) < 4.78 is 10.5. The zero-order valence-electron chi connectivity index (χ0n) is 23.2. The third kappa shape index (κ3) is 7.17. The number of carbonyl (C=O) groups is 3. The Kier molecular flexibility index (Phi) is 9.04. The molecular weight excluding hydrogens is 504 g/mol. The van der Waals surface area contributed by atoms with Crippen LogP contribution >= 0.6 is 0 Å². The molecule has 0 saturated carbocycles. The standard InChI is InChI=1S/C33H36N2O5/c1-32(2,3)40-31(38)34-28(23-24-21-22-39-30(24)37)19-20-29(36)35-33(25-13-7-4-8-14-25,26-15-9-5-10-16-26)27-17-11-6-12-18-27/h4-18,23,28H,19-22H2,1-3H3,(H,34,38)(H,35,36)/b24-23+/t28-/m0/s1. The number of rotatable bonds is 9. The summed E-state index contributed by atoms with van der Waals surface area (Å²) >= 11 is 0. The number of carbonyl (C=O) groups excluding carboxylic acids is 3. The fraction of sp³-hybridized carbons (Fsp3) is 0.303. The number of cyclic esters (lactones) is 1. The number of nitrogens with one attached hydrogen (secondary N) is 2. The first-order chi connectivity index (χ1) is 19.2. The van der Waals surface area contributed by atoms with Gasteiger partial charge in [-0.3, -0.25) is 4.79 Å². The molecule has 1 aliphatic rings. The Hall–Kier alpha value is -4.39. The molecule has 208 valence electrons. The summed E-state index contributed by atoms with van der Waals surface area (Å²) in [4.78, 5) is 38.4. The van der Waals surface area contributed by atoms with Crippen LogP contribution in [0.1, 0.15) is 56.7 Å². The van der Waals surface area contributed by atoms with Crippen molar-refractivity contribution < 1.29 is 23.9 Å². The Morgan fingerprint density at radius 3 is 1.80 bits per heavy atom. The highest BCUT2D eigenvalue weighted by Gasteiger charge is 2.38. The normalized spacial score (nSPS) is 15.3. The Morgan fingerprint density at radius 2 is 1.38 bits per heavy atom. The summed E-state index contributed by atoms with van der Waals surface area (Å²) in [5, 5.41) is 6.14. The van der Waals surface area contributed by atoms with Crippen LogP contribution in [0.15, 0.2) is 103 Å². The summed E-state index contributed by atoms with van der Waals surface area (Å²) in [6.07, 6.45) is 1.86. The van der Waals surface area contributed by atoms with Gasteiger partial charge in [0.05, 0.1) is 12.6 Å². The molecular formula is C33H36N2O5. The first kappa shape index (κ1) is 28.6. The van der Waals surface area contributed by atoms with Gasteiger partial charge in [0, 0.05) is 18.4 Å². The molecule has 0 unspecified atom stereocenters. The monoisotopic (exact) mass is 540 g/mol. The number of benzene rings is 3. The maximum Gasteiger partial charge on any atom is 0.408 e. The first-order valence-electron chi connectivity index (χ1n) is 13.5. The Morgan fingerprint density at radius 1 is 0.875 bits per heavy atom. The average molecular weight is 541 g/mol. The molecule has 1 heterocycles. The van der Waals surface area contributed by atoms with Crippen LogP contribution in [0.25, 0.3) is 0 Å². The Balaban J connectivity index is 1.62. The van der Waals surface area contributed by atoms with Crippen molar-refractivity contribution in [2.45, 2.75) is 57.2 Å². The van der Waals surface area contributed by atoms with Crippen LogP contribution in [0.5, 0.6) is 0 Å². The van der Waals surface area contributed by atoms with Gasteiger partial charge in [0.25, 0.3) is 0 Å². The second-order valence-electron chi connectivity index (χ2n) is 10.8. The summed E-state index contributed by atoms with van der Waals surface area (Å²) in [7, 11) is 0. The van der Waals surface area contributed by atoms with Gasteiger partial charge in [-0.1, -0.05) is 97.1 Å². The van der Waals surface area contributed by atoms with Gasteiger partial charge in [-0.25, -0.2) is 9.59 Å². The van der Waals surface area contributed by atoms with Crippen molar-refractivity contribution in [1.29, 1.82) is 0 Å². The van der Waals surface area contributed by atoms with Gasteiger partial charge in [0.1, 0.15) is 11.1 Å². The van der Waals surface area contributed by atoms with E-state index in [-0.39, 0.29) is 18.7 Å². The van der Waals surface area contributed by atoms with E-state index in [9.17, 15) is 14.4 Å². The molecule has 4 rings (SSSR count). The van der Waals surface area contributed by atoms with Gasteiger partial charge in [-0.15, -0.1) is 0 Å². The van der Waals surface area contributed by atoms with Crippen LogP contribution in [0.4, 0.5) is 4.79 Å². The van der Waals surface area contributed by atoms with Gasteiger partial charge < -0.3 is 20.1 Å². The quantitative estimate of drug-likeness (QED) is 0.208. The Bertz CT molecular complexity index is 1230. The van der Waals surface area contributed by atoms with Crippen molar-refractivity contribution >= 4 is 18.0 Å². The van der Waals surface area contributed by atoms with Crippen molar-refractivity contribution in [3.8, 4) is 0 Å². The molecule has 3 aromatic rings. The number of amides is 2. The van der Waals surface area contributed by atoms with Gasteiger partial charge in [-0.05, 0) is 43.9 Å². The molecule has 0 radical (unpaired) electrons. The molecule has 2 N–H and O–H groups in total. The smallest absolute Gasteiger partial charge is 0.408 e. The second kappa shape index (κ2) is 12.6. The van der Waals surface area contributed by atoms with E-state index >= 15 is 0 Å². The highest BCUT2D eigenvalue weighted by molar-refractivity contribution is 5.90. The predicted octanol–water partition coefficient (Wildman–Crippen LogP) is 5.64. The number of hydrogen-bond acceptors (Lipinski definition) is 5. The molecule has 1 aliphatic heterocycles. The van der Waals surface area contributed by atoms with Crippen LogP contribution in [0.2, 0.25) is 0 Å². The van der Waals surface area contributed by atoms with Crippen molar-refractivity contribution in [2.75, 3.05) is 6.61 Å². The lowest BCUT2D eigenvalue weighted by molar-refractivity contribution is -0.135. The van der Waals surface area contributed by atoms with Crippen molar-refractivity contribution in [2.24, 2.45) is 0 Å². The third-order valence-corrected chi connectivity index (χ3v) is 6.60. The molecule has 7 heteroatoms. The molecule has 7 nitrogen and oxygen atoms in total. The van der Waals surface area contributed by atoms with Gasteiger partial charge in [0.15, 0.2) is 0 Å². The van der Waals surface area contributed by atoms with Crippen molar-refractivity contribution in [3.05, 3.63) is 119 Å². The average Bonchev–Trinajstić information content (AvgIpc) is 3.34. The van der Waals surface area contributed by atoms with Gasteiger partial charge in [0.2, 0.25) is 5.91 Å². The second-order valence-corrected chi connectivity index (χ2v) is 10.8. The fourth-order valence-electron chi connectivity index (χ4n) is 4.84. The molecule has 0 spiro atoms. The molecule has 0 aromatic heterocycles. The lowest BCUT2D eigenvalue weighted by Gasteiger charge is -2.37. The number of hydrogen-bond donors (Lipinski definition) is 2. The molecule has 2 amide bonds. The topological polar surface area (TPSA) is 93.7 Å². The zero-order chi connectivity index (χ0) is 28.6. The zero-order valence-corrected chi connectivity index (χ0v) is 23.2. The summed E-state index contributed by atoms with van der Waals surface area (Å²) in [6, 6.07) is 29.0. The van der Waals surface area contributed by atoms with E-state index in [1.54, 1.807) is 26.8 Å². The van der Waals surface area contributed by atoms with E-state index in [0.717, 1.165) is 16.7 Å². The molecule has 3 aromatic carbocycles. The number of alkyl carbamates (subject to hydrolysis) is 1. The Labute approximate surface area is 235 Å². The maximum atomic E-state index is 13.7. The van der Waals surface area contributed by atoms with Crippen LogP contribution in [-0.2, 0) is 24.6 Å². The summed E-state index contributed by atoms with van der Waals surface area (Å²) in [6.45, 7) is 5.63. The summed E-state index contributed by atoms with van der Waals surface area (Å²) in [5.41, 5.74) is 1.60. The third-order valence-electron chi connectivity index (χ3n) is 6.60. The maximum absolute atomic E-state index is 13.7. The number of esters is 1. The van der Waals surface area contributed by atoms with Crippen molar-refractivity contribution in [3.63, 3.8) is 0 Å². The highest BCUT2D eigenvalue weighted by Crippen LogP contribution is 2.37. The lowest BCUT2D eigenvalue weighted by atomic mass is 9.77. The molecule has 0 aliphatic carbocycles. The highest BCUT2D eigenvalue weighted by atomic mass is 16.6. The minimum absolute atomic E-state index is 0.0908. The van der Waals surface area contributed by atoms with Crippen LogP contribution in [-0.4, -0.2) is 36.2 Å². The van der Waals surface area contributed by atoms with E-state index < -0.39 is 29.2 Å². The van der Waals surface area contributed by atoms with Crippen LogP contribution in [0, 0.1) is 0 Å². The van der Waals surface area contributed by atoms with Gasteiger partial charge in [-0.2, -0.15) is 0 Å². The predicted molar refractivity (Wildman–Crippen MR) is 153 cm³/mol. The fourth-order valence-corrected chi connectivity index (χ4v) is 4.84. The van der Waals surface area contributed by atoms with Crippen molar-refractivity contribution in [1.82, 2.24) is 10.6 Å². The minimum Gasteiger partial charge on any atom is -0.462 e. The van der Waals surface area contributed by atoms with E-state index in [2.05, 4.69) is 10.6 Å². The van der Waals surface area contributed by atoms with E-state index in [1.807, 2.05) is 91.0 Å². The van der Waals surface area contributed by atoms with E-state index in [0.29, 0.717) is 18.6 Å². The molecule has 1 saturated heterocycles. The van der Waals surface area contributed by atoms with E-state index in [1.165, 1.54) is 0 Å². The first-order valence-corrected chi connectivity index (χ1v) is 13.5. The number of ether oxygens (including phenoxy) is 2. The van der Waals surface area contributed by atoms with Gasteiger partial charge >= 0.3 is 12.1 Å².